The minimum absolute atomic E-state index is 0.0843. The Balaban J connectivity index is 1.72. The van der Waals surface area contributed by atoms with Gasteiger partial charge in [-0.05, 0) is 36.4 Å². The molecule has 0 atom stereocenters. The van der Waals surface area contributed by atoms with Crippen LogP contribution in [-0.2, 0) is 10.0 Å². The molecule has 4 aromatic rings. The van der Waals surface area contributed by atoms with Crippen LogP contribution in [-0.4, -0.2) is 43.3 Å². The van der Waals surface area contributed by atoms with Gasteiger partial charge in [-0.15, -0.1) is 0 Å². The summed E-state index contributed by atoms with van der Waals surface area (Å²) in [5.41, 5.74) is 1.61. The van der Waals surface area contributed by atoms with E-state index in [1.165, 1.54) is 17.0 Å². The first-order chi connectivity index (χ1) is 16.3. The molecule has 0 radical (unpaired) electrons. The van der Waals surface area contributed by atoms with E-state index in [0.717, 1.165) is 0 Å². The second-order valence-electron chi connectivity index (χ2n) is 7.53. The summed E-state index contributed by atoms with van der Waals surface area (Å²) >= 11 is 0. The first-order valence-electron chi connectivity index (χ1n) is 10.3. The molecule has 4 rings (SSSR count). The molecular formula is C25H22N4O4S. The number of hydrogen-bond acceptors (Lipinski definition) is 6. The number of nitrogens with one attached hydrogen (secondary N) is 1. The molecule has 0 fully saturated rings. The lowest BCUT2D eigenvalue weighted by Gasteiger charge is -2.12. The summed E-state index contributed by atoms with van der Waals surface area (Å²) in [6.07, 6.45) is 0. The zero-order chi connectivity index (χ0) is 24.1. The quantitative estimate of drug-likeness (QED) is 0.425. The van der Waals surface area contributed by atoms with Gasteiger partial charge in [-0.3, -0.25) is 4.79 Å². The van der Waals surface area contributed by atoms with Crippen molar-refractivity contribution in [2.24, 2.45) is 0 Å². The second kappa shape index (κ2) is 9.72. The largest absolute Gasteiger partial charge is 0.439 e. The molecule has 1 N–H and O–H groups in total. The van der Waals surface area contributed by atoms with E-state index in [1.807, 2.05) is 18.2 Å². The van der Waals surface area contributed by atoms with E-state index in [2.05, 4.69) is 14.7 Å². The van der Waals surface area contributed by atoms with Crippen molar-refractivity contribution in [1.82, 2.24) is 14.9 Å². The second-order valence-corrected chi connectivity index (χ2v) is 9.21. The Kier molecular flexibility index (Phi) is 6.55. The van der Waals surface area contributed by atoms with Crippen LogP contribution in [0.1, 0.15) is 10.4 Å². The molecule has 0 saturated carbocycles. The van der Waals surface area contributed by atoms with E-state index in [9.17, 15) is 13.2 Å². The van der Waals surface area contributed by atoms with Crippen LogP contribution in [0.5, 0.6) is 11.6 Å². The summed E-state index contributed by atoms with van der Waals surface area (Å²) in [5, 5.41) is 0. The zero-order valence-corrected chi connectivity index (χ0v) is 19.4. The molecule has 0 bridgehead atoms. The van der Waals surface area contributed by atoms with Gasteiger partial charge in [-0.2, -0.15) is 4.98 Å². The summed E-state index contributed by atoms with van der Waals surface area (Å²) in [6, 6.07) is 25.4. The van der Waals surface area contributed by atoms with Gasteiger partial charge in [0.25, 0.3) is 15.9 Å². The van der Waals surface area contributed by atoms with Gasteiger partial charge in [0, 0.05) is 31.3 Å². The lowest BCUT2D eigenvalue weighted by atomic mass is 10.1. The lowest BCUT2D eigenvalue weighted by Crippen LogP contribution is -2.21. The number of ether oxygens (including phenoxy) is 1. The van der Waals surface area contributed by atoms with Crippen molar-refractivity contribution in [3.8, 4) is 22.9 Å². The van der Waals surface area contributed by atoms with Gasteiger partial charge in [0.2, 0.25) is 11.8 Å². The van der Waals surface area contributed by atoms with Crippen LogP contribution in [0.3, 0.4) is 0 Å². The van der Waals surface area contributed by atoms with Gasteiger partial charge in [0.05, 0.1) is 10.6 Å². The van der Waals surface area contributed by atoms with Gasteiger partial charge in [0.1, 0.15) is 5.75 Å². The van der Waals surface area contributed by atoms with Crippen LogP contribution < -0.4 is 9.46 Å². The fourth-order valence-corrected chi connectivity index (χ4v) is 4.07. The van der Waals surface area contributed by atoms with Crippen LogP contribution in [0.4, 0.5) is 5.95 Å². The Labute approximate surface area is 197 Å². The monoisotopic (exact) mass is 474 g/mol. The number of para-hydroxylation sites is 1. The smallest absolute Gasteiger partial charge is 0.264 e. The molecule has 0 unspecified atom stereocenters. The molecule has 0 spiro atoms. The highest BCUT2D eigenvalue weighted by atomic mass is 32.2. The number of carbonyl (C=O) groups excluding carboxylic acids is 1. The molecule has 34 heavy (non-hydrogen) atoms. The number of rotatable bonds is 7. The number of carbonyl (C=O) groups is 1. The fraction of sp³-hybridized carbons (Fsp3) is 0.0800. The maximum absolute atomic E-state index is 12.8. The Morgan fingerprint density at radius 1 is 0.853 bits per heavy atom. The van der Waals surface area contributed by atoms with Crippen molar-refractivity contribution < 1.29 is 17.9 Å². The van der Waals surface area contributed by atoms with Crippen LogP contribution in [0, 0.1) is 0 Å². The van der Waals surface area contributed by atoms with E-state index in [4.69, 9.17) is 4.74 Å². The molecule has 0 aliphatic heterocycles. The predicted molar refractivity (Wildman–Crippen MR) is 129 cm³/mol. The zero-order valence-electron chi connectivity index (χ0n) is 18.5. The van der Waals surface area contributed by atoms with Gasteiger partial charge in [-0.1, -0.05) is 48.5 Å². The highest BCUT2D eigenvalue weighted by molar-refractivity contribution is 7.92. The molecule has 1 amide bonds. The van der Waals surface area contributed by atoms with E-state index in [1.54, 1.807) is 74.8 Å². The van der Waals surface area contributed by atoms with Crippen LogP contribution in [0.25, 0.3) is 11.3 Å². The van der Waals surface area contributed by atoms with Crippen molar-refractivity contribution in [1.29, 1.82) is 0 Å². The van der Waals surface area contributed by atoms with Crippen LogP contribution >= 0.6 is 0 Å². The van der Waals surface area contributed by atoms with Gasteiger partial charge >= 0.3 is 0 Å². The molecule has 9 heteroatoms. The van der Waals surface area contributed by atoms with Gasteiger partial charge < -0.3 is 9.64 Å². The Morgan fingerprint density at radius 3 is 2.09 bits per heavy atom. The van der Waals surface area contributed by atoms with Crippen LogP contribution in [0.15, 0.2) is 95.9 Å². The molecule has 8 nitrogen and oxygen atoms in total. The third-order valence-corrected chi connectivity index (χ3v) is 6.13. The topological polar surface area (TPSA) is 101 Å². The number of benzene rings is 3. The average molecular weight is 475 g/mol. The standard InChI is InChI=1S/C25H22N4O4S/c1-29(2)24(30)19-15-13-18(14-16-19)22-17-23(33-20-9-5-3-6-10-20)27-25(26-22)28-34(31,32)21-11-7-4-8-12-21/h3-17H,1-2H3,(H,26,27,28). The van der Waals surface area contributed by atoms with Gasteiger partial charge in [-0.25, -0.2) is 18.1 Å². The molecular weight excluding hydrogens is 452 g/mol. The van der Waals surface area contributed by atoms with Crippen molar-refractivity contribution in [2.75, 3.05) is 18.8 Å². The van der Waals surface area contributed by atoms with Crippen LogP contribution in [0.2, 0.25) is 0 Å². The normalized spacial score (nSPS) is 11.0. The Bertz CT molecular complexity index is 1390. The lowest BCUT2D eigenvalue weighted by molar-refractivity contribution is 0.0827. The van der Waals surface area contributed by atoms with Crippen molar-refractivity contribution in [2.45, 2.75) is 4.90 Å². The highest BCUT2D eigenvalue weighted by Crippen LogP contribution is 2.27. The minimum atomic E-state index is -3.91. The summed E-state index contributed by atoms with van der Waals surface area (Å²) in [6.45, 7) is 0. The number of sulfonamides is 1. The molecule has 0 saturated heterocycles. The third-order valence-electron chi connectivity index (χ3n) is 4.78. The summed E-state index contributed by atoms with van der Waals surface area (Å²) in [7, 11) is -0.551. The summed E-state index contributed by atoms with van der Waals surface area (Å²) < 4.78 is 33.9. The predicted octanol–water partition coefficient (Wildman–Crippen LogP) is 4.44. The van der Waals surface area contributed by atoms with Crippen molar-refractivity contribution in [3.63, 3.8) is 0 Å². The molecule has 0 aliphatic carbocycles. The number of aromatic nitrogens is 2. The molecule has 3 aromatic carbocycles. The molecule has 0 aliphatic rings. The number of hydrogen-bond donors (Lipinski definition) is 1. The van der Waals surface area contributed by atoms with E-state index >= 15 is 0 Å². The number of nitrogens with zero attached hydrogens (tertiary/aromatic N) is 3. The van der Waals surface area contributed by atoms with E-state index < -0.39 is 10.0 Å². The SMILES string of the molecule is CN(C)C(=O)c1ccc(-c2cc(Oc3ccccc3)nc(NS(=O)(=O)c3ccccc3)n2)cc1. The maximum atomic E-state index is 12.8. The first-order valence-corrected chi connectivity index (χ1v) is 11.8. The fourth-order valence-electron chi connectivity index (χ4n) is 3.10. The minimum Gasteiger partial charge on any atom is -0.439 e. The van der Waals surface area contributed by atoms with E-state index in [-0.39, 0.29) is 22.6 Å². The van der Waals surface area contributed by atoms with E-state index in [0.29, 0.717) is 22.6 Å². The number of amides is 1. The maximum Gasteiger partial charge on any atom is 0.264 e. The highest BCUT2D eigenvalue weighted by Gasteiger charge is 2.18. The first kappa shape index (κ1) is 22.9. The third kappa shape index (κ3) is 5.38. The molecule has 172 valence electrons. The number of anilines is 1. The van der Waals surface area contributed by atoms with Gasteiger partial charge in [0.15, 0.2) is 0 Å². The summed E-state index contributed by atoms with van der Waals surface area (Å²) in [4.78, 5) is 22.4. The van der Waals surface area contributed by atoms with Crippen molar-refractivity contribution in [3.05, 3.63) is 96.6 Å². The molecule has 1 heterocycles. The molecule has 1 aromatic heterocycles. The average Bonchev–Trinajstić information content (AvgIpc) is 2.84. The Hall–Kier alpha value is -4.24. The summed E-state index contributed by atoms with van der Waals surface area (Å²) in [5.74, 6) is 0.436. The van der Waals surface area contributed by atoms with Crippen molar-refractivity contribution >= 4 is 21.9 Å². The Morgan fingerprint density at radius 2 is 1.47 bits per heavy atom.